The van der Waals surface area contributed by atoms with Crippen molar-refractivity contribution in [3.05, 3.63) is 0 Å². The Labute approximate surface area is 121 Å². The van der Waals surface area contributed by atoms with Crippen LogP contribution in [-0.2, 0) is 14.5 Å². The lowest BCUT2D eigenvalue weighted by Crippen LogP contribution is -2.37. The summed E-state index contributed by atoms with van der Waals surface area (Å²) in [6.07, 6.45) is 0.542. The van der Waals surface area contributed by atoms with Gasteiger partial charge in [-0.05, 0) is 32.6 Å². The van der Waals surface area contributed by atoms with E-state index < -0.39 is 28.9 Å². The molecule has 0 radical (unpaired) electrons. The van der Waals surface area contributed by atoms with Crippen molar-refractivity contribution >= 4 is 5.91 Å². The van der Waals surface area contributed by atoms with Crippen molar-refractivity contribution in [2.75, 3.05) is 6.54 Å². The minimum absolute atomic E-state index is 0.0513. The molecule has 2 fully saturated rings. The van der Waals surface area contributed by atoms with Crippen molar-refractivity contribution in [2.24, 2.45) is 5.92 Å². The molecule has 3 atom stereocenters. The first-order valence-corrected chi connectivity index (χ1v) is 6.88. The average Bonchev–Trinajstić information content (AvgIpc) is 2.95. The highest BCUT2D eigenvalue weighted by atomic mass is 17.1. The number of likely N-dealkylation sites (tertiary alicyclic amines) is 1. The summed E-state index contributed by atoms with van der Waals surface area (Å²) in [5, 5.41) is 33.9. The van der Waals surface area contributed by atoms with E-state index in [2.05, 4.69) is 0 Å². The molecule has 1 amide bonds. The highest BCUT2D eigenvalue weighted by Gasteiger charge is 2.44. The van der Waals surface area contributed by atoms with Crippen LogP contribution in [0.4, 0.5) is 0 Å². The molecule has 1 saturated carbocycles. The van der Waals surface area contributed by atoms with Crippen LogP contribution in [0.2, 0.25) is 0 Å². The molecule has 3 unspecified atom stereocenters. The molecule has 1 aliphatic heterocycles. The van der Waals surface area contributed by atoms with Crippen LogP contribution in [0.1, 0.15) is 32.6 Å². The first-order chi connectivity index (χ1) is 9.88. The van der Waals surface area contributed by atoms with E-state index in [-0.39, 0.29) is 24.8 Å². The highest BCUT2D eigenvalue weighted by molar-refractivity contribution is 5.80. The lowest BCUT2D eigenvalue weighted by Gasteiger charge is -2.24. The molecular formula is C11H21N3O7. The van der Waals surface area contributed by atoms with Crippen molar-refractivity contribution in [1.82, 2.24) is 15.7 Å². The molecule has 1 heterocycles. The van der Waals surface area contributed by atoms with E-state index in [1.165, 1.54) is 0 Å². The predicted molar refractivity (Wildman–Crippen MR) is 63.7 cm³/mol. The van der Waals surface area contributed by atoms with E-state index in [0.29, 0.717) is 6.54 Å². The van der Waals surface area contributed by atoms with Crippen LogP contribution in [0.15, 0.2) is 0 Å². The fourth-order valence-electron chi connectivity index (χ4n) is 3.12. The smallest absolute Gasteiger partial charge is 0.226 e. The van der Waals surface area contributed by atoms with Crippen molar-refractivity contribution in [3.63, 3.8) is 0 Å². The van der Waals surface area contributed by atoms with Gasteiger partial charge in [0.15, 0.2) is 0 Å². The fraction of sp³-hybridized carbons (Fsp3) is 0.909. The summed E-state index contributed by atoms with van der Waals surface area (Å²) in [5.74, 6) is -0.481. The van der Waals surface area contributed by atoms with Crippen molar-refractivity contribution in [1.29, 1.82) is 0 Å². The van der Waals surface area contributed by atoms with Gasteiger partial charge in [0.1, 0.15) is 12.2 Å². The van der Waals surface area contributed by atoms with Gasteiger partial charge in [-0.1, -0.05) is 0 Å². The number of amides is 1. The van der Waals surface area contributed by atoms with Crippen molar-refractivity contribution < 1.29 is 35.3 Å². The third-order valence-corrected chi connectivity index (χ3v) is 4.09. The standard InChI is InChI=1S/C11H21N3O7/c1-7-3-2-4-12(7)11(15)8-5-9(20-13(16)17)10(6-8)21-14(18)19/h7-10,16-19H,2-6H2,1H3. The molecule has 0 bridgehead atoms. The van der Waals surface area contributed by atoms with Crippen LogP contribution < -0.4 is 0 Å². The van der Waals surface area contributed by atoms with Gasteiger partial charge in [-0.2, -0.15) is 0 Å². The highest BCUT2D eigenvalue weighted by Crippen LogP contribution is 2.34. The van der Waals surface area contributed by atoms with Crippen LogP contribution in [-0.4, -0.2) is 67.2 Å². The number of hydrogen-bond donors (Lipinski definition) is 4. The maximum atomic E-state index is 12.5. The van der Waals surface area contributed by atoms with E-state index in [1.54, 1.807) is 4.90 Å². The summed E-state index contributed by atoms with van der Waals surface area (Å²) < 4.78 is 0. The Hall–Kier alpha value is -0.850. The zero-order valence-corrected chi connectivity index (χ0v) is 11.7. The summed E-state index contributed by atoms with van der Waals surface area (Å²) in [6, 6.07) is 0.177. The normalized spacial score (nSPS) is 33.4. The molecule has 0 spiro atoms. The van der Waals surface area contributed by atoms with Gasteiger partial charge in [-0.25, -0.2) is 9.68 Å². The van der Waals surface area contributed by atoms with E-state index >= 15 is 0 Å². The van der Waals surface area contributed by atoms with Gasteiger partial charge in [0.2, 0.25) is 5.91 Å². The predicted octanol–water partition coefficient (Wildman–Crippen LogP) is 0.169. The number of nitrogens with zero attached hydrogens (tertiary/aromatic N) is 3. The molecule has 0 aromatic heterocycles. The van der Waals surface area contributed by atoms with Crippen molar-refractivity contribution in [2.45, 2.75) is 50.9 Å². The molecule has 0 aromatic rings. The second-order valence-electron chi connectivity index (χ2n) is 5.48. The molecule has 21 heavy (non-hydrogen) atoms. The summed E-state index contributed by atoms with van der Waals surface area (Å²) >= 11 is 0. The Kier molecular flexibility index (Phi) is 5.46. The van der Waals surface area contributed by atoms with Crippen molar-refractivity contribution in [3.8, 4) is 0 Å². The maximum Gasteiger partial charge on any atom is 0.226 e. The Balaban J connectivity index is 1.99. The Morgan fingerprint density at radius 1 is 1.10 bits per heavy atom. The molecule has 10 heteroatoms. The Bertz CT molecular complexity index is 350. The van der Waals surface area contributed by atoms with E-state index in [0.717, 1.165) is 12.8 Å². The number of hydrogen-bond acceptors (Lipinski definition) is 9. The lowest BCUT2D eigenvalue weighted by atomic mass is 10.1. The van der Waals surface area contributed by atoms with Crippen LogP contribution in [0.25, 0.3) is 0 Å². The van der Waals surface area contributed by atoms with Crippen LogP contribution in [0.3, 0.4) is 0 Å². The summed E-state index contributed by atoms with van der Waals surface area (Å²) in [7, 11) is 0. The molecule has 0 aromatic carbocycles. The lowest BCUT2D eigenvalue weighted by molar-refractivity contribution is -0.535. The van der Waals surface area contributed by atoms with Gasteiger partial charge in [0.25, 0.3) is 0 Å². The monoisotopic (exact) mass is 307 g/mol. The molecule has 10 nitrogen and oxygen atoms in total. The Morgan fingerprint density at radius 2 is 1.62 bits per heavy atom. The minimum Gasteiger partial charge on any atom is -0.340 e. The van der Waals surface area contributed by atoms with Gasteiger partial charge in [-0.15, -0.1) is 0 Å². The first-order valence-electron chi connectivity index (χ1n) is 6.88. The van der Waals surface area contributed by atoms with E-state index in [1.807, 2.05) is 6.92 Å². The third kappa shape index (κ3) is 4.08. The SMILES string of the molecule is CC1CCCN1C(=O)C1CC(ON(O)O)C(ON(O)O)C1. The summed E-state index contributed by atoms with van der Waals surface area (Å²) in [5.41, 5.74) is 0. The largest absolute Gasteiger partial charge is 0.340 e. The molecule has 2 rings (SSSR count). The molecule has 1 saturated heterocycles. The number of carbonyl (C=O) groups excluding carboxylic acids is 1. The zero-order valence-electron chi connectivity index (χ0n) is 11.7. The van der Waals surface area contributed by atoms with E-state index in [4.69, 9.17) is 30.5 Å². The summed E-state index contributed by atoms with van der Waals surface area (Å²) in [4.78, 5) is 23.6. The molecule has 1 aliphatic carbocycles. The van der Waals surface area contributed by atoms with Gasteiger partial charge in [-0.3, -0.25) is 25.6 Å². The van der Waals surface area contributed by atoms with Crippen LogP contribution in [0, 0.1) is 5.92 Å². The number of rotatable bonds is 5. The molecule has 122 valence electrons. The first kappa shape index (κ1) is 16.5. The molecular weight excluding hydrogens is 286 g/mol. The van der Waals surface area contributed by atoms with Gasteiger partial charge in [0, 0.05) is 18.5 Å². The quantitative estimate of drug-likeness (QED) is 0.526. The molecule has 2 aliphatic rings. The maximum absolute atomic E-state index is 12.5. The Morgan fingerprint density at radius 3 is 2.00 bits per heavy atom. The second kappa shape index (κ2) is 6.94. The second-order valence-corrected chi connectivity index (χ2v) is 5.48. The minimum atomic E-state index is -0.881. The third-order valence-electron chi connectivity index (χ3n) is 4.09. The fourth-order valence-corrected chi connectivity index (χ4v) is 3.12. The topological polar surface area (TPSA) is 126 Å². The summed E-state index contributed by atoms with van der Waals surface area (Å²) in [6.45, 7) is 2.68. The van der Waals surface area contributed by atoms with Gasteiger partial charge < -0.3 is 4.90 Å². The number of carbonyl (C=O) groups is 1. The van der Waals surface area contributed by atoms with Crippen LogP contribution >= 0.6 is 0 Å². The molecule has 4 N–H and O–H groups in total. The zero-order chi connectivity index (χ0) is 15.6. The van der Waals surface area contributed by atoms with Gasteiger partial charge >= 0.3 is 0 Å². The van der Waals surface area contributed by atoms with Gasteiger partial charge in [0.05, 0.1) is 10.8 Å². The average molecular weight is 307 g/mol. The van der Waals surface area contributed by atoms with Crippen LogP contribution in [0.5, 0.6) is 0 Å². The van der Waals surface area contributed by atoms with E-state index in [9.17, 15) is 4.79 Å².